The van der Waals surface area contributed by atoms with Gasteiger partial charge in [-0.2, -0.15) is 0 Å². The molecule has 5 heteroatoms. The zero-order chi connectivity index (χ0) is 15.1. The van der Waals surface area contributed by atoms with Crippen molar-refractivity contribution in [3.63, 3.8) is 0 Å². The Labute approximate surface area is 119 Å². The number of carboxylic acid groups (broad SMARTS) is 1. The third kappa shape index (κ3) is 4.66. The van der Waals surface area contributed by atoms with Gasteiger partial charge in [-0.05, 0) is 38.0 Å². The molecule has 0 aliphatic rings. The van der Waals surface area contributed by atoms with Crippen LogP contribution in [0, 0.1) is 0 Å². The van der Waals surface area contributed by atoms with E-state index in [0.717, 1.165) is 5.56 Å². The number of benzene rings is 1. The lowest BCUT2D eigenvalue weighted by Gasteiger charge is -2.26. The predicted octanol–water partition coefficient (Wildman–Crippen LogP) is 1.86. The fraction of sp³-hybridized carbons (Fsp3) is 0.467. The predicted molar refractivity (Wildman–Crippen MR) is 77.4 cm³/mol. The van der Waals surface area contributed by atoms with Crippen LogP contribution >= 0.6 is 0 Å². The smallest absolute Gasteiger partial charge is 0.303 e. The second-order valence-corrected chi connectivity index (χ2v) is 4.99. The lowest BCUT2D eigenvalue weighted by Crippen LogP contribution is -2.37. The van der Waals surface area contributed by atoms with Crippen molar-refractivity contribution in [2.75, 3.05) is 6.54 Å². The SMILES string of the molecule is CC(C)N(CCCC(=O)O)C(=O)c1ccc(CN)cc1. The van der Waals surface area contributed by atoms with Crippen LogP contribution < -0.4 is 5.73 Å². The second kappa shape index (κ2) is 7.65. The summed E-state index contributed by atoms with van der Waals surface area (Å²) in [4.78, 5) is 24.6. The van der Waals surface area contributed by atoms with E-state index in [1.807, 2.05) is 26.0 Å². The Kier molecular flexibility index (Phi) is 6.18. The van der Waals surface area contributed by atoms with E-state index in [1.165, 1.54) is 0 Å². The van der Waals surface area contributed by atoms with Gasteiger partial charge < -0.3 is 15.7 Å². The quantitative estimate of drug-likeness (QED) is 0.797. The molecule has 3 N–H and O–H groups in total. The van der Waals surface area contributed by atoms with E-state index in [-0.39, 0.29) is 18.4 Å². The molecule has 1 rings (SSSR count). The number of carboxylic acids is 1. The molecule has 0 saturated carbocycles. The summed E-state index contributed by atoms with van der Waals surface area (Å²) < 4.78 is 0. The standard InChI is InChI=1S/C15H22N2O3/c1-11(2)17(9-3-4-14(18)19)15(20)13-7-5-12(10-16)6-8-13/h5-8,11H,3-4,9-10,16H2,1-2H3,(H,18,19). The largest absolute Gasteiger partial charge is 0.481 e. The second-order valence-electron chi connectivity index (χ2n) is 4.99. The van der Waals surface area contributed by atoms with Crippen LogP contribution in [0.4, 0.5) is 0 Å². The van der Waals surface area contributed by atoms with Gasteiger partial charge in [0.1, 0.15) is 0 Å². The van der Waals surface area contributed by atoms with Crippen molar-refractivity contribution in [3.8, 4) is 0 Å². The number of hydrogen-bond acceptors (Lipinski definition) is 3. The van der Waals surface area contributed by atoms with Gasteiger partial charge >= 0.3 is 5.97 Å². The first kappa shape index (κ1) is 16.2. The Hall–Kier alpha value is -1.88. The molecule has 110 valence electrons. The summed E-state index contributed by atoms with van der Waals surface area (Å²) in [6.45, 7) is 4.74. The molecule has 0 aliphatic heterocycles. The molecule has 0 heterocycles. The van der Waals surface area contributed by atoms with Crippen molar-refractivity contribution in [1.29, 1.82) is 0 Å². The minimum absolute atomic E-state index is 0.0329. The Morgan fingerprint density at radius 2 is 1.85 bits per heavy atom. The number of nitrogens with two attached hydrogens (primary N) is 1. The van der Waals surface area contributed by atoms with Crippen molar-refractivity contribution >= 4 is 11.9 Å². The zero-order valence-corrected chi connectivity index (χ0v) is 12.0. The van der Waals surface area contributed by atoms with Crippen LogP contribution in [0.15, 0.2) is 24.3 Å². The third-order valence-electron chi connectivity index (χ3n) is 3.11. The summed E-state index contributed by atoms with van der Waals surface area (Å²) in [7, 11) is 0. The molecule has 0 aliphatic carbocycles. The normalized spacial score (nSPS) is 10.6. The molecule has 0 bridgehead atoms. The van der Waals surface area contributed by atoms with Crippen LogP contribution in [0.1, 0.15) is 42.6 Å². The van der Waals surface area contributed by atoms with Crippen LogP contribution in [0.5, 0.6) is 0 Å². The molecule has 0 aromatic heterocycles. The molecule has 1 amide bonds. The maximum Gasteiger partial charge on any atom is 0.303 e. The van der Waals surface area contributed by atoms with Crippen molar-refractivity contribution in [2.45, 2.75) is 39.3 Å². The summed E-state index contributed by atoms with van der Waals surface area (Å²) in [5, 5.41) is 8.66. The van der Waals surface area contributed by atoms with Gasteiger partial charge in [0.25, 0.3) is 5.91 Å². The lowest BCUT2D eigenvalue weighted by atomic mass is 10.1. The third-order valence-corrected chi connectivity index (χ3v) is 3.11. The summed E-state index contributed by atoms with van der Waals surface area (Å²) >= 11 is 0. The summed E-state index contributed by atoms with van der Waals surface area (Å²) in [6.07, 6.45) is 0.531. The summed E-state index contributed by atoms with van der Waals surface area (Å²) in [5.41, 5.74) is 7.11. The Morgan fingerprint density at radius 1 is 1.25 bits per heavy atom. The number of amides is 1. The highest BCUT2D eigenvalue weighted by atomic mass is 16.4. The van der Waals surface area contributed by atoms with Crippen LogP contribution in [-0.2, 0) is 11.3 Å². The van der Waals surface area contributed by atoms with Crippen molar-refractivity contribution in [2.24, 2.45) is 5.73 Å². The van der Waals surface area contributed by atoms with Gasteiger partial charge in [0.2, 0.25) is 0 Å². The highest BCUT2D eigenvalue weighted by Crippen LogP contribution is 2.11. The van der Waals surface area contributed by atoms with Gasteiger partial charge in [-0.25, -0.2) is 0 Å². The highest BCUT2D eigenvalue weighted by Gasteiger charge is 2.18. The number of nitrogens with zero attached hydrogens (tertiary/aromatic N) is 1. The van der Waals surface area contributed by atoms with Gasteiger partial charge in [0, 0.05) is 31.1 Å². The highest BCUT2D eigenvalue weighted by molar-refractivity contribution is 5.94. The van der Waals surface area contributed by atoms with Gasteiger partial charge in [-0.1, -0.05) is 12.1 Å². The number of carbonyl (C=O) groups is 2. The number of aliphatic carboxylic acids is 1. The number of rotatable bonds is 7. The molecule has 20 heavy (non-hydrogen) atoms. The zero-order valence-electron chi connectivity index (χ0n) is 12.0. The molecule has 0 saturated heterocycles. The van der Waals surface area contributed by atoms with Gasteiger partial charge in [0.05, 0.1) is 0 Å². The van der Waals surface area contributed by atoms with E-state index in [1.54, 1.807) is 17.0 Å². The first-order valence-corrected chi connectivity index (χ1v) is 6.77. The Bertz CT molecular complexity index is 455. The Balaban J connectivity index is 2.74. The monoisotopic (exact) mass is 278 g/mol. The molecule has 0 radical (unpaired) electrons. The topological polar surface area (TPSA) is 83.6 Å². The van der Waals surface area contributed by atoms with Crippen molar-refractivity contribution in [3.05, 3.63) is 35.4 Å². The molecule has 1 aromatic rings. The maximum absolute atomic E-state index is 12.4. The van der Waals surface area contributed by atoms with Crippen LogP contribution in [0.3, 0.4) is 0 Å². The molecule has 0 unspecified atom stereocenters. The van der Waals surface area contributed by atoms with Crippen molar-refractivity contribution in [1.82, 2.24) is 4.90 Å². The van der Waals surface area contributed by atoms with Crippen LogP contribution in [0.25, 0.3) is 0 Å². The van der Waals surface area contributed by atoms with Crippen molar-refractivity contribution < 1.29 is 14.7 Å². The summed E-state index contributed by atoms with van der Waals surface area (Å²) in [6, 6.07) is 7.23. The number of hydrogen-bond donors (Lipinski definition) is 2. The number of carbonyl (C=O) groups excluding carboxylic acids is 1. The molecule has 0 fully saturated rings. The van der Waals surface area contributed by atoms with Gasteiger partial charge in [0.15, 0.2) is 0 Å². The first-order valence-electron chi connectivity index (χ1n) is 6.77. The minimum Gasteiger partial charge on any atom is -0.481 e. The minimum atomic E-state index is -0.839. The van der Waals surface area contributed by atoms with E-state index in [0.29, 0.717) is 25.1 Å². The molecule has 5 nitrogen and oxygen atoms in total. The first-order chi connectivity index (χ1) is 9.45. The van der Waals surface area contributed by atoms with Crippen LogP contribution in [0.2, 0.25) is 0 Å². The molecule has 1 aromatic carbocycles. The van der Waals surface area contributed by atoms with E-state index in [2.05, 4.69) is 0 Å². The Morgan fingerprint density at radius 3 is 2.30 bits per heavy atom. The van der Waals surface area contributed by atoms with E-state index < -0.39 is 5.97 Å². The fourth-order valence-electron chi connectivity index (χ4n) is 1.94. The fourth-order valence-corrected chi connectivity index (χ4v) is 1.94. The molecular formula is C15H22N2O3. The lowest BCUT2D eigenvalue weighted by molar-refractivity contribution is -0.137. The summed E-state index contributed by atoms with van der Waals surface area (Å²) in [5.74, 6) is -0.914. The van der Waals surface area contributed by atoms with Gasteiger partial charge in [-0.3, -0.25) is 9.59 Å². The molecular weight excluding hydrogens is 256 g/mol. The van der Waals surface area contributed by atoms with E-state index in [4.69, 9.17) is 10.8 Å². The molecule has 0 spiro atoms. The maximum atomic E-state index is 12.4. The average molecular weight is 278 g/mol. The van der Waals surface area contributed by atoms with Gasteiger partial charge in [-0.15, -0.1) is 0 Å². The average Bonchev–Trinajstić information content (AvgIpc) is 2.42. The van der Waals surface area contributed by atoms with Crippen LogP contribution in [-0.4, -0.2) is 34.5 Å². The molecule has 0 atom stereocenters. The van der Waals surface area contributed by atoms with E-state index >= 15 is 0 Å². The van der Waals surface area contributed by atoms with E-state index in [9.17, 15) is 9.59 Å².